The van der Waals surface area contributed by atoms with Gasteiger partial charge in [0.2, 0.25) is 41.4 Å². The van der Waals surface area contributed by atoms with E-state index in [4.69, 9.17) is 24.8 Å². The molecule has 3 aromatic carbocycles. The van der Waals surface area contributed by atoms with Crippen LogP contribution in [-0.4, -0.2) is 197 Å². The number of aromatic nitrogens is 1. The number of ether oxygens (including phenoxy) is 3. The first-order valence-corrected chi connectivity index (χ1v) is 35.0. The van der Waals surface area contributed by atoms with Crippen molar-refractivity contribution in [2.75, 3.05) is 46.7 Å². The number of likely N-dealkylation sites (tertiary alicyclic amines) is 1. The average Bonchev–Trinajstić information content (AvgIpc) is 1.18. The van der Waals surface area contributed by atoms with Crippen LogP contribution in [0.4, 0.5) is 15.3 Å². The number of benzene rings is 3. The maximum atomic E-state index is 14.9. The molecule has 10 N–H and O–H groups in total. The van der Waals surface area contributed by atoms with Crippen LogP contribution in [0, 0.1) is 23.7 Å². The lowest BCUT2D eigenvalue weighted by Crippen LogP contribution is -2.60. The minimum atomic E-state index is -1.25. The second kappa shape index (κ2) is 39.1. The number of aliphatic hydroxyl groups is 1. The molecule has 2 aliphatic rings. The summed E-state index contributed by atoms with van der Waals surface area (Å²) < 4.78 is 17.8. The Morgan fingerprint density at radius 1 is 0.735 bits per heavy atom. The minimum Gasteiger partial charge on any atom is -0.445 e. The number of anilines is 1. The summed E-state index contributed by atoms with van der Waals surface area (Å²) in [6, 6.07) is 15.5. The molecule has 12 atom stereocenters. The van der Waals surface area contributed by atoms with Gasteiger partial charge in [-0.3, -0.25) is 48.1 Å². The van der Waals surface area contributed by atoms with Crippen LogP contribution in [0.15, 0.2) is 85.1 Å². The summed E-state index contributed by atoms with van der Waals surface area (Å²) in [5.41, 5.74) is 8.18. The first kappa shape index (κ1) is 81.5. The second-order valence-electron chi connectivity index (χ2n) is 27.1. The highest BCUT2D eigenvalue weighted by molar-refractivity contribution is 6.02. The van der Waals surface area contributed by atoms with Crippen molar-refractivity contribution in [3.05, 3.63) is 102 Å². The van der Waals surface area contributed by atoms with Crippen molar-refractivity contribution in [1.29, 1.82) is 0 Å². The Hall–Kier alpha value is -9.48. The highest BCUT2D eigenvalue weighted by atomic mass is 16.7. The fraction of sp³-hybridized carbons (Fsp3) is 0.562. The zero-order valence-corrected chi connectivity index (χ0v) is 60.6. The molecule has 0 bridgehead atoms. The Morgan fingerprint density at radius 3 is 2.03 bits per heavy atom. The van der Waals surface area contributed by atoms with E-state index in [0.29, 0.717) is 47.6 Å². The standard InChI is InChI=1S/C73H104N12O17/c1-13-44(6)64(56(99-11)39-60(89)84-37-21-27-55(84)66(100-12)45(7)67(92)77-46(8)65(91)48-22-15-14-16-23-48)82(9)71(96)62(42(2)3)81-70(95)63(43(4)5)83(10)73(98)101-41-47-30-32-50(33-31-47)78-68(93)53(26-20-36-75-72(74)97)80-69(94)54(38-49-40-76-52-25-18-17-24-51(49)52)79-57(86)28-19-29-61(90)102-85-58(87)34-35-59(85)88/h14-18,22-25,30-33,40,42-46,53-56,62-66,76,91H,13,19-21,26-29,34-39,41H2,1-12H3,(H,77,92)(H,78,93)(H,79,86)(H,80,94)(H,81,95)(H3,74,75,97)/t44-,45+,46+,53-,54-,55-,56+,62-,63-,64-,65+,66+/m0/s1. The fourth-order valence-electron chi connectivity index (χ4n) is 13.1. The zero-order valence-electron chi connectivity index (χ0n) is 60.6. The number of urea groups is 1. The number of fused-ring (bicyclic) bond motifs is 1. The lowest BCUT2D eigenvalue weighted by Gasteiger charge is -2.41. The van der Waals surface area contributed by atoms with Crippen LogP contribution in [-0.2, 0) is 80.0 Å². The SMILES string of the molecule is CC[C@H](C)[C@@H]([C@@H](CC(=O)N1CCC[C@H]1[C@H](OC)[C@@H](C)C(=O)N[C@H](C)[C@@H](O)c1ccccc1)OC)N(C)C(=O)[C@@H](NC(=O)[C@H](C(C)C)N(C)C(=O)OCc1ccc(NC(=O)[C@H](CCCNC(N)=O)NC(=O)[C@H](Cc2c[nH]c3ccccc23)NC(=O)CCCC(=O)ON2C(=O)CCC2=O)cc1)C(C)C. The van der Waals surface area contributed by atoms with Gasteiger partial charge in [-0.05, 0) is 91.7 Å². The predicted octanol–water partition coefficient (Wildman–Crippen LogP) is 5.44. The van der Waals surface area contributed by atoms with Gasteiger partial charge in [-0.15, -0.1) is 5.06 Å². The number of amides is 12. The number of hydrogen-bond acceptors (Lipinski definition) is 17. The molecular weight excluding hydrogens is 1320 g/mol. The van der Waals surface area contributed by atoms with E-state index in [0.717, 1.165) is 15.8 Å². The molecule has 1 aromatic heterocycles. The topological polar surface area (TPSA) is 389 Å². The van der Waals surface area contributed by atoms with E-state index < -0.39 is 138 Å². The first-order chi connectivity index (χ1) is 48.5. The quantitative estimate of drug-likeness (QED) is 0.0199. The largest absolute Gasteiger partial charge is 0.445 e. The molecular formula is C73H104N12O17. The number of imide groups is 1. The average molecular weight is 1420 g/mol. The third-order valence-electron chi connectivity index (χ3n) is 19.0. The molecule has 4 aromatic rings. The zero-order chi connectivity index (χ0) is 75.1. The Kier molecular flexibility index (Phi) is 31.2. The number of carbonyl (C=O) groups excluding carboxylic acids is 12. The molecule has 2 fully saturated rings. The van der Waals surface area contributed by atoms with Gasteiger partial charge in [0, 0.05) is 96.3 Å². The van der Waals surface area contributed by atoms with Gasteiger partial charge >= 0.3 is 18.1 Å². The van der Waals surface area contributed by atoms with Crippen LogP contribution < -0.4 is 37.6 Å². The van der Waals surface area contributed by atoms with Gasteiger partial charge in [-0.25, -0.2) is 14.4 Å². The minimum absolute atomic E-state index is 0.00232. The molecule has 0 saturated carbocycles. The molecule has 2 aliphatic heterocycles. The number of para-hydroxylation sites is 1. The number of primary amides is 1. The summed E-state index contributed by atoms with van der Waals surface area (Å²) in [6.45, 7) is 14.7. The number of aromatic amines is 1. The van der Waals surface area contributed by atoms with Crippen molar-refractivity contribution in [1.82, 2.24) is 51.3 Å². The first-order valence-electron chi connectivity index (χ1n) is 35.0. The number of likely N-dealkylation sites (N-methyl/N-ethyl adjacent to an activating group) is 2. The van der Waals surface area contributed by atoms with E-state index in [9.17, 15) is 62.6 Å². The third-order valence-corrected chi connectivity index (χ3v) is 19.0. The molecule has 2 saturated heterocycles. The van der Waals surface area contributed by atoms with E-state index in [-0.39, 0.29) is 94.4 Å². The van der Waals surface area contributed by atoms with Gasteiger partial charge in [0.1, 0.15) is 30.8 Å². The Morgan fingerprint density at radius 2 is 1.40 bits per heavy atom. The number of rotatable bonds is 38. The van der Waals surface area contributed by atoms with Crippen molar-refractivity contribution >= 4 is 87.8 Å². The van der Waals surface area contributed by atoms with Crippen LogP contribution in [0.2, 0.25) is 0 Å². The number of methoxy groups -OCH3 is 2. The van der Waals surface area contributed by atoms with Gasteiger partial charge in [0.25, 0.3) is 11.8 Å². The van der Waals surface area contributed by atoms with E-state index >= 15 is 0 Å². The molecule has 0 aliphatic carbocycles. The normalized spacial score (nSPS) is 17.0. The van der Waals surface area contributed by atoms with Crippen molar-refractivity contribution in [2.24, 2.45) is 29.4 Å². The number of nitrogens with one attached hydrogen (secondary N) is 7. The Balaban J connectivity index is 1.07. The van der Waals surface area contributed by atoms with Gasteiger partial charge in [-0.1, -0.05) is 116 Å². The van der Waals surface area contributed by atoms with E-state index in [1.165, 1.54) is 26.2 Å². The van der Waals surface area contributed by atoms with Crippen molar-refractivity contribution in [3.8, 4) is 0 Å². The maximum absolute atomic E-state index is 14.9. The Labute approximate surface area is 596 Å². The number of nitrogens with two attached hydrogens (primary N) is 1. The molecule has 29 nitrogen and oxygen atoms in total. The number of hydroxylamine groups is 2. The molecule has 3 heterocycles. The van der Waals surface area contributed by atoms with Gasteiger partial charge in [0.05, 0.1) is 48.8 Å². The number of carbonyl (C=O) groups is 12. The molecule has 29 heteroatoms. The Bertz CT molecular complexity index is 3520. The highest BCUT2D eigenvalue weighted by Crippen LogP contribution is 2.31. The molecule has 0 radical (unpaired) electrons. The molecule has 6 rings (SSSR count). The van der Waals surface area contributed by atoms with Crippen molar-refractivity contribution < 1.29 is 81.7 Å². The summed E-state index contributed by atoms with van der Waals surface area (Å²) in [5.74, 6) is -7.63. The lowest BCUT2D eigenvalue weighted by atomic mass is 9.89. The molecule has 102 heavy (non-hydrogen) atoms. The number of hydrogen-bond donors (Lipinski definition) is 9. The molecule has 558 valence electrons. The summed E-state index contributed by atoms with van der Waals surface area (Å²) in [7, 11) is 6.05. The summed E-state index contributed by atoms with van der Waals surface area (Å²) in [5, 5.41) is 28.8. The number of aliphatic hydroxyl groups excluding tert-OH is 1. The summed E-state index contributed by atoms with van der Waals surface area (Å²) in [4.78, 5) is 174. The number of nitrogens with zero attached hydrogens (tertiary/aromatic N) is 4. The summed E-state index contributed by atoms with van der Waals surface area (Å²) in [6.07, 6.45) is -0.444. The molecule has 0 spiro atoms. The van der Waals surface area contributed by atoms with Crippen LogP contribution in [0.5, 0.6) is 0 Å². The van der Waals surface area contributed by atoms with Crippen LogP contribution >= 0.6 is 0 Å². The summed E-state index contributed by atoms with van der Waals surface area (Å²) >= 11 is 0. The third kappa shape index (κ3) is 22.5. The number of H-pyrrole nitrogens is 1. The lowest BCUT2D eigenvalue weighted by molar-refractivity contribution is -0.197. The molecule has 0 unspecified atom stereocenters. The maximum Gasteiger partial charge on any atom is 0.410 e. The van der Waals surface area contributed by atoms with E-state index in [1.54, 1.807) is 96.1 Å². The van der Waals surface area contributed by atoms with Crippen molar-refractivity contribution in [3.63, 3.8) is 0 Å². The predicted molar refractivity (Wildman–Crippen MR) is 377 cm³/mol. The van der Waals surface area contributed by atoms with Gasteiger partial charge in [0.15, 0.2) is 0 Å². The van der Waals surface area contributed by atoms with Crippen LogP contribution in [0.25, 0.3) is 10.9 Å². The fourth-order valence-corrected chi connectivity index (χ4v) is 13.1. The van der Waals surface area contributed by atoms with E-state index in [1.807, 2.05) is 56.3 Å². The van der Waals surface area contributed by atoms with Crippen molar-refractivity contribution in [2.45, 2.75) is 200 Å². The second-order valence-corrected chi connectivity index (χ2v) is 27.1. The highest BCUT2D eigenvalue weighted by Gasteiger charge is 2.44. The van der Waals surface area contributed by atoms with Gasteiger partial charge < -0.3 is 76.6 Å². The monoisotopic (exact) mass is 1420 g/mol. The van der Waals surface area contributed by atoms with E-state index in [2.05, 4.69) is 36.9 Å². The molecule has 12 amide bonds. The smallest absolute Gasteiger partial charge is 0.410 e. The van der Waals surface area contributed by atoms with Crippen LogP contribution in [0.3, 0.4) is 0 Å². The van der Waals surface area contributed by atoms with Gasteiger partial charge in [-0.2, -0.15) is 0 Å². The van der Waals surface area contributed by atoms with Crippen LogP contribution in [0.1, 0.15) is 149 Å².